The van der Waals surface area contributed by atoms with E-state index in [4.69, 9.17) is 0 Å². The number of fused-ring (bicyclic) bond motifs is 4. The topological polar surface area (TPSA) is 0 Å². The third kappa shape index (κ3) is 1.13. The van der Waals surface area contributed by atoms with E-state index in [1.165, 1.54) is 31.2 Å². The summed E-state index contributed by atoms with van der Waals surface area (Å²) < 4.78 is 0. The first-order valence-electron chi connectivity index (χ1n) is 5.21. The van der Waals surface area contributed by atoms with Crippen LogP contribution < -0.4 is 0 Å². The van der Waals surface area contributed by atoms with E-state index in [9.17, 15) is 0 Å². The molecule has 0 amide bonds. The molecule has 3 rings (SSSR count). The van der Waals surface area contributed by atoms with Gasteiger partial charge in [0.2, 0.25) is 0 Å². The normalized spacial score (nSPS) is 24.9. The maximum Gasteiger partial charge on any atom is -0.0195 e. The molecule has 0 aromatic heterocycles. The summed E-state index contributed by atoms with van der Waals surface area (Å²) in [5.41, 5.74) is 4.71. The fourth-order valence-corrected chi connectivity index (χ4v) is 2.71. The summed E-state index contributed by atoms with van der Waals surface area (Å²) in [6.07, 6.45) is 7.78. The van der Waals surface area contributed by atoms with Crippen molar-refractivity contribution in [1.29, 1.82) is 0 Å². The summed E-state index contributed by atoms with van der Waals surface area (Å²) in [6.45, 7) is 0. The van der Waals surface area contributed by atoms with E-state index in [1.807, 2.05) is 0 Å². The summed E-state index contributed by atoms with van der Waals surface area (Å²) in [4.78, 5) is 0. The van der Waals surface area contributed by atoms with Crippen molar-refractivity contribution in [3.8, 4) is 0 Å². The van der Waals surface area contributed by atoms with Crippen molar-refractivity contribution in [2.24, 2.45) is 5.92 Å². The minimum Gasteiger partial charge on any atom is -0.0807 e. The van der Waals surface area contributed by atoms with Crippen LogP contribution in [0.15, 0.2) is 30.3 Å². The average molecular weight is 170 g/mol. The third-order valence-electron chi connectivity index (χ3n) is 3.35. The Balaban J connectivity index is 2.17. The zero-order valence-electron chi connectivity index (χ0n) is 7.79. The Labute approximate surface area is 79.3 Å². The Kier molecular flexibility index (Phi) is 1.55. The molecule has 0 saturated carbocycles. The Hall–Kier alpha value is -1.04. The zero-order chi connectivity index (χ0) is 8.67. The van der Waals surface area contributed by atoms with Gasteiger partial charge in [0, 0.05) is 0 Å². The van der Waals surface area contributed by atoms with Gasteiger partial charge < -0.3 is 0 Å². The van der Waals surface area contributed by atoms with Crippen LogP contribution in [0.2, 0.25) is 0 Å². The lowest BCUT2D eigenvalue weighted by atomic mass is 9.75. The highest BCUT2D eigenvalue weighted by atomic mass is 14.3. The summed E-state index contributed by atoms with van der Waals surface area (Å²) in [7, 11) is 0. The van der Waals surface area contributed by atoms with Crippen LogP contribution in [-0.4, -0.2) is 0 Å². The van der Waals surface area contributed by atoms with Gasteiger partial charge >= 0.3 is 0 Å². The van der Waals surface area contributed by atoms with Crippen LogP contribution in [0.1, 0.15) is 30.4 Å². The predicted octanol–water partition coefficient (Wildman–Crippen LogP) is 3.43. The molecule has 1 aromatic rings. The number of hydrogen-bond acceptors (Lipinski definition) is 0. The molecule has 0 heterocycles. The lowest BCUT2D eigenvalue weighted by Gasteiger charge is -2.30. The molecule has 0 aliphatic heterocycles. The van der Waals surface area contributed by atoms with Crippen LogP contribution in [-0.2, 0) is 6.42 Å². The maximum atomic E-state index is 2.44. The van der Waals surface area contributed by atoms with Crippen molar-refractivity contribution in [1.82, 2.24) is 0 Å². The Morgan fingerprint density at radius 2 is 2.00 bits per heavy atom. The highest BCUT2D eigenvalue weighted by Crippen LogP contribution is 2.39. The standard InChI is InChI=1S/C13H14/c1-2-7-13-11(5-1)8-10-4-3-6-12(13)9-10/h1-2,5-7,10H,3-4,8-9H2. The van der Waals surface area contributed by atoms with Crippen LogP contribution in [0.3, 0.4) is 0 Å². The summed E-state index contributed by atoms with van der Waals surface area (Å²) >= 11 is 0. The van der Waals surface area contributed by atoms with Crippen molar-refractivity contribution in [3.63, 3.8) is 0 Å². The van der Waals surface area contributed by atoms with Gasteiger partial charge in [0.15, 0.2) is 0 Å². The van der Waals surface area contributed by atoms with Gasteiger partial charge in [0.25, 0.3) is 0 Å². The molecule has 2 aliphatic rings. The van der Waals surface area contributed by atoms with E-state index < -0.39 is 0 Å². The van der Waals surface area contributed by atoms with Gasteiger partial charge in [0.1, 0.15) is 0 Å². The number of rotatable bonds is 0. The van der Waals surface area contributed by atoms with Crippen LogP contribution >= 0.6 is 0 Å². The Bertz CT molecular complexity index is 360. The minimum atomic E-state index is 0.940. The number of hydrogen-bond donors (Lipinski definition) is 0. The van der Waals surface area contributed by atoms with Crippen molar-refractivity contribution >= 4 is 5.57 Å². The molecule has 1 atom stereocenters. The lowest BCUT2D eigenvalue weighted by molar-refractivity contribution is 0.473. The third-order valence-corrected chi connectivity index (χ3v) is 3.35. The molecular formula is C13H14. The predicted molar refractivity (Wildman–Crippen MR) is 55.5 cm³/mol. The van der Waals surface area contributed by atoms with E-state index in [1.54, 1.807) is 11.1 Å². The fraction of sp³-hybridized carbons (Fsp3) is 0.385. The molecule has 0 N–H and O–H groups in total. The van der Waals surface area contributed by atoms with Crippen molar-refractivity contribution in [3.05, 3.63) is 41.5 Å². The highest BCUT2D eigenvalue weighted by Gasteiger charge is 2.23. The summed E-state index contributed by atoms with van der Waals surface area (Å²) in [5, 5.41) is 0. The monoisotopic (exact) mass is 170 g/mol. The van der Waals surface area contributed by atoms with Gasteiger partial charge in [-0.25, -0.2) is 0 Å². The van der Waals surface area contributed by atoms with Gasteiger partial charge in [-0.1, -0.05) is 30.3 Å². The number of allylic oxidation sites excluding steroid dienone is 2. The zero-order valence-corrected chi connectivity index (χ0v) is 7.79. The molecule has 66 valence electrons. The molecule has 0 fully saturated rings. The van der Waals surface area contributed by atoms with Crippen LogP contribution in [0.25, 0.3) is 5.57 Å². The first-order valence-corrected chi connectivity index (χ1v) is 5.21. The molecular weight excluding hydrogens is 156 g/mol. The molecule has 0 spiro atoms. The van der Waals surface area contributed by atoms with Gasteiger partial charge in [-0.15, -0.1) is 0 Å². The average Bonchev–Trinajstić information content (AvgIpc) is 2.18. The van der Waals surface area contributed by atoms with E-state index in [0.717, 1.165) is 5.92 Å². The molecule has 0 nitrogen and oxygen atoms in total. The second kappa shape index (κ2) is 2.73. The second-order valence-electron chi connectivity index (χ2n) is 4.24. The van der Waals surface area contributed by atoms with Crippen molar-refractivity contribution in [2.45, 2.75) is 25.7 Å². The van der Waals surface area contributed by atoms with Gasteiger partial charge in [-0.3, -0.25) is 0 Å². The largest absolute Gasteiger partial charge is 0.0807 e. The smallest absolute Gasteiger partial charge is 0.0195 e. The van der Waals surface area contributed by atoms with E-state index in [0.29, 0.717) is 0 Å². The van der Waals surface area contributed by atoms with Gasteiger partial charge in [-0.05, 0) is 48.3 Å². The molecule has 0 radical (unpaired) electrons. The molecule has 2 aliphatic carbocycles. The first-order chi connectivity index (χ1) is 6.43. The molecule has 13 heavy (non-hydrogen) atoms. The van der Waals surface area contributed by atoms with Gasteiger partial charge in [0.05, 0.1) is 0 Å². The molecule has 0 saturated heterocycles. The van der Waals surface area contributed by atoms with Crippen molar-refractivity contribution < 1.29 is 0 Å². The SMILES string of the molecule is C1=C2CC(CC1)Cc1ccccc12. The van der Waals surface area contributed by atoms with Crippen LogP contribution in [0, 0.1) is 5.92 Å². The van der Waals surface area contributed by atoms with E-state index >= 15 is 0 Å². The second-order valence-corrected chi connectivity index (χ2v) is 4.24. The molecule has 0 heteroatoms. The van der Waals surface area contributed by atoms with E-state index in [-0.39, 0.29) is 0 Å². The van der Waals surface area contributed by atoms with E-state index in [2.05, 4.69) is 30.3 Å². The van der Waals surface area contributed by atoms with Crippen LogP contribution in [0.5, 0.6) is 0 Å². The highest BCUT2D eigenvalue weighted by molar-refractivity contribution is 5.70. The molecule has 1 aromatic carbocycles. The first kappa shape index (κ1) is 7.37. The summed E-state index contributed by atoms with van der Waals surface area (Å²) in [5.74, 6) is 0.940. The Morgan fingerprint density at radius 1 is 1.08 bits per heavy atom. The summed E-state index contributed by atoms with van der Waals surface area (Å²) in [6, 6.07) is 8.90. The van der Waals surface area contributed by atoms with Crippen LogP contribution in [0.4, 0.5) is 0 Å². The molecule has 1 unspecified atom stereocenters. The maximum absolute atomic E-state index is 2.44. The Morgan fingerprint density at radius 3 is 3.00 bits per heavy atom. The van der Waals surface area contributed by atoms with Gasteiger partial charge in [-0.2, -0.15) is 0 Å². The minimum absolute atomic E-state index is 0.940. The fourth-order valence-electron chi connectivity index (χ4n) is 2.71. The lowest BCUT2D eigenvalue weighted by Crippen LogP contribution is -2.16. The quantitative estimate of drug-likeness (QED) is 0.559. The number of benzene rings is 1. The van der Waals surface area contributed by atoms with Crippen molar-refractivity contribution in [2.75, 3.05) is 0 Å². The molecule has 2 bridgehead atoms.